The van der Waals surface area contributed by atoms with Crippen LogP contribution in [0.3, 0.4) is 0 Å². The average Bonchev–Trinajstić information content (AvgIpc) is 2.26. The number of methoxy groups -OCH3 is 1. The van der Waals surface area contributed by atoms with Gasteiger partial charge in [-0.05, 0) is 17.7 Å². The van der Waals surface area contributed by atoms with Gasteiger partial charge in [0.05, 0.1) is 18.6 Å². The smallest absolute Gasteiger partial charge is 0.148 e. The zero-order chi connectivity index (χ0) is 13.8. The summed E-state index contributed by atoms with van der Waals surface area (Å²) >= 11 is 0. The predicted octanol–water partition coefficient (Wildman–Crippen LogP) is 0.571. The Morgan fingerprint density at radius 2 is 2.06 bits per heavy atom. The number of anilines is 1. The van der Waals surface area contributed by atoms with Crippen LogP contribution in [-0.4, -0.2) is 37.5 Å². The van der Waals surface area contributed by atoms with E-state index in [-0.39, 0.29) is 11.5 Å². The molecule has 7 heteroatoms. The van der Waals surface area contributed by atoms with Crippen molar-refractivity contribution in [1.82, 2.24) is 0 Å². The summed E-state index contributed by atoms with van der Waals surface area (Å²) in [5.41, 5.74) is 7.02. The molecular weight excluding hydrogens is 274 g/mol. The Bertz CT molecular complexity index is 540. The van der Waals surface area contributed by atoms with Crippen LogP contribution in [0, 0.1) is 0 Å². The van der Waals surface area contributed by atoms with Crippen molar-refractivity contribution in [3.63, 3.8) is 0 Å². The van der Waals surface area contributed by atoms with E-state index in [9.17, 15) is 12.6 Å². The Hall–Kier alpha value is -1.08. The molecule has 0 fully saturated rings. The average molecular weight is 291 g/mol. The van der Waals surface area contributed by atoms with Crippen molar-refractivity contribution in [1.29, 1.82) is 0 Å². The minimum absolute atomic E-state index is 0.0642. The number of nitrogens with two attached hydrogens (primary N) is 1. The number of hydrogen-bond acceptors (Lipinski definition) is 5. The molecule has 0 bridgehead atoms. The van der Waals surface area contributed by atoms with Gasteiger partial charge in [-0.25, -0.2) is 8.42 Å². The molecule has 1 aromatic carbocycles. The Morgan fingerprint density at radius 3 is 2.56 bits per heavy atom. The highest BCUT2D eigenvalue weighted by atomic mass is 32.2. The zero-order valence-electron chi connectivity index (χ0n) is 10.4. The number of benzene rings is 1. The van der Waals surface area contributed by atoms with Crippen LogP contribution in [0.1, 0.15) is 5.56 Å². The summed E-state index contributed by atoms with van der Waals surface area (Å²) in [7, 11) is -2.75. The molecule has 0 spiro atoms. The zero-order valence-corrected chi connectivity index (χ0v) is 12.0. The van der Waals surface area contributed by atoms with Crippen molar-refractivity contribution in [2.45, 2.75) is 5.75 Å². The van der Waals surface area contributed by atoms with Crippen LogP contribution in [0.5, 0.6) is 5.75 Å². The van der Waals surface area contributed by atoms with Crippen LogP contribution in [0.2, 0.25) is 0 Å². The highest BCUT2D eigenvalue weighted by molar-refractivity contribution is 7.92. The first-order valence-electron chi connectivity index (χ1n) is 5.27. The van der Waals surface area contributed by atoms with Crippen molar-refractivity contribution < 1.29 is 17.4 Å². The van der Waals surface area contributed by atoms with Crippen LogP contribution in [0.15, 0.2) is 18.2 Å². The first-order valence-corrected chi connectivity index (χ1v) is 8.82. The van der Waals surface area contributed by atoms with Gasteiger partial charge in [-0.15, -0.1) is 0 Å². The first-order chi connectivity index (χ1) is 8.31. The second-order valence-corrected chi connectivity index (χ2v) is 7.83. The van der Waals surface area contributed by atoms with E-state index in [1.54, 1.807) is 18.2 Å². The van der Waals surface area contributed by atoms with E-state index in [0.717, 1.165) is 11.8 Å². The van der Waals surface area contributed by atoms with Gasteiger partial charge in [-0.3, -0.25) is 4.21 Å². The molecule has 1 atom stereocenters. The summed E-state index contributed by atoms with van der Waals surface area (Å²) in [6.07, 6.45) is 1.13. The topological polar surface area (TPSA) is 86.5 Å². The molecule has 2 N–H and O–H groups in total. The minimum Gasteiger partial charge on any atom is -0.495 e. The van der Waals surface area contributed by atoms with E-state index in [4.69, 9.17) is 10.5 Å². The lowest BCUT2D eigenvalue weighted by molar-refractivity contribution is 0.417. The summed E-state index contributed by atoms with van der Waals surface area (Å²) in [6, 6.07) is 5.17. The maximum atomic E-state index is 11.7. The Labute approximate surface area is 110 Å². The third kappa shape index (κ3) is 5.05. The summed E-state index contributed by atoms with van der Waals surface area (Å²) in [5, 5.41) is 0. The van der Waals surface area contributed by atoms with E-state index in [0.29, 0.717) is 17.2 Å². The fraction of sp³-hybridized carbons (Fsp3) is 0.455. The van der Waals surface area contributed by atoms with E-state index < -0.39 is 20.6 Å². The van der Waals surface area contributed by atoms with Gasteiger partial charge in [0, 0.05) is 28.6 Å². The van der Waals surface area contributed by atoms with E-state index in [1.165, 1.54) is 7.11 Å². The molecule has 18 heavy (non-hydrogen) atoms. The molecule has 0 heterocycles. The lowest BCUT2D eigenvalue weighted by Crippen LogP contribution is -2.12. The molecule has 0 saturated carbocycles. The standard InChI is InChI=1S/C11H17NO4S2/c1-16-11-4-3-9(7-10(11)12)8-17(13)5-6-18(2,14)15/h3-4,7H,5-6,8,12H2,1-2H3. The summed E-state index contributed by atoms with van der Waals surface area (Å²) in [4.78, 5) is 0. The van der Waals surface area contributed by atoms with Gasteiger partial charge in [0.1, 0.15) is 15.6 Å². The summed E-state index contributed by atoms with van der Waals surface area (Å²) in [5.74, 6) is 0.945. The molecule has 0 aliphatic carbocycles. The Morgan fingerprint density at radius 1 is 1.39 bits per heavy atom. The summed E-state index contributed by atoms with van der Waals surface area (Å²) < 4.78 is 38.6. The molecule has 1 rings (SSSR count). The van der Waals surface area contributed by atoms with E-state index in [2.05, 4.69) is 0 Å². The van der Waals surface area contributed by atoms with Gasteiger partial charge in [0.2, 0.25) is 0 Å². The molecule has 102 valence electrons. The highest BCUT2D eigenvalue weighted by Gasteiger charge is 2.08. The normalized spacial score (nSPS) is 13.2. The van der Waals surface area contributed by atoms with Crippen molar-refractivity contribution in [2.75, 3.05) is 30.6 Å². The molecule has 0 amide bonds. The molecule has 5 nitrogen and oxygen atoms in total. The second-order valence-electron chi connectivity index (χ2n) is 3.99. The van der Waals surface area contributed by atoms with Crippen LogP contribution in [-0.2, 0) is 26.4 Å². The molecule has 1 unspecified atom stereocenters. The third-order valence-corrected chi connectivity index (χ3v) is 4.82. The fourth-order valence-electron chi connectivity index (χ4n) is 1.38. The van der Waals surface area contributed by atoms with Crippen molar-refractivity contribution in [2.24, 2.45) is 0 Å². The van der Waals surface area contributed by atoms with Crippen molar-refractivity contribution >= 4 is 26.3 Å². The molecule has 0 aromatic heterocycles. The van der Waals surface area contributed by atoms with Gasteiger partial charge in [-0.2, -0.15) is 0 Å². The van der Waals surface area contributed by atoms with Gasteiger partial charge in [0.25, 0.3) is 0 Å². The number of ether oxygens (including phenoxy) is 1. The Kier molecular flexibility index (Phi) is 5.15. The van der Waals surface area contributed by atoms with Crippen LogP contribution in [0.25, 0.3) is 0 Å². The highest BCUT2D eigenvalue weighted by Crippen LogP contribution is 2.22. The molecular formula is C11H17NO4S2. The van der Waals surface area contributed by atoms with Gasteiger partial charge < -0.3 is 10.5 Å². The number of hydrogen-bond donors (Lipinski definition) is 1. The lowest BCUT2D eigenvalue weighted by Gasteiger charge is -2.07. The molecule has 0 aliphatic heterocycles. The number of sulfone groups is 1. The second kappa shape index (κ2) is 6.19. The van der Waals surface area contributed by atoms with Crippen molar-refractivity contribution in [3.05, 3.63) is 23.8 Å². The molecule has 0 radical (unpaired) electrons. The van der Waals surface area contributed by atoms with Crippen LogP contribution >= 0.6 is 0 Å². The Balaban J connectivity index is 2.62. The lowest BCUT2D eigenvalue weighted by atomic mass is 10.2. The SMILES string of the molecule is COc1ccc(CS(=O)CCS(C)(=O)=O)cc1N. The number of rotatable bonds is 6. The molecule has 0 saturated heterocycles. The number of nitrogen functional groups attached to an aromatic ring is 1. The minimum atomic E-state index is -3.07. The molecule has 1 aromatic rings. The van der Waals surface area contributed by atoms with Crippen molar-refractivity contribution in [3.8, 4) is 5.75 Å². The maximum Gasteiger partial charge on any atom is 0.148 e. The van der Waals surface area contributed by atoms with Gasteiger partial charge >= 0.3 is 0 Å². The van der Waals surface area contributed by atoms with E-state index >= 15 is 0 Å². The van der Waals surface area contributed by atoms with Gasteiger partial charge in [0.15, 0.2) is 0 Å². The largest absolute Gasteiger partial charge is 0.495 e. The maximum absolute atomic E-state index is 11.7. The monoisotopic (exact) mass is 291 g/mol. The van der Waals surface area contributed by atoms with Gasteiger partial charge in [-0.1, -0.05) is 6.07 Å². The molecule has 0 aliphatic rings. The fourth-order valence-corrected chi connectivity index (χ4v) is 4.03. The first kappa shape index (κ1) is 15.0. The van der Waals surface area contributed by atoms with Crippen LogP contribution < -0.4 is 10.5 Å². The predicted molar refractivity (Wildman–Crippen MR) is 73.8 cm³/mol. The van der Waals surface area contributed by atoms with Crippen LogP contribution in [0.4, 0.5) is 5.69 Å². The quantitative estimate of drug-likeness (QED) is 0.774. The third-order valence-electron chi connectivity index (χ3n) is 2.30. The van der Waals surface area contributed by atoms with E-state index in [1.807, 2.05) is 0 Å². The summed E-state index contributed by atoms with van der Waals surface area (Å²) in [6.45, 7) is 0.